The summed E-state index contributed by atoms with van der Waals surface area (Å²) in [6, 6.07) is 5.12. The SMILES string of the molecule is O=C(O)c1cc(F)ccc1C(=O)Nc1ccc(Cl)c(C(F)(F)F)c1. The number of amides is 1. The van der Waals surface area contributed by atoms with Gasteiger partial charge in [-0.2, -0.15) is 13.2 Å². The second kappa shape index (κ2) is 6.48. The molecule has 0 spiro atoms. The predicted octanol–water partition coefficient (Wildman–Crippen LogP) is 4.45. The van der Waals surface area contributed by atoms with Crippen LogP contribution in [0.15, 0.2) is 36.4 Å². The van der Waals surface area contributed by atoms with Gasteiger partial charge in [-0.1, -0.05) is 11.6 Å². The topological polar surface area (TPSA) is 66.4 Å². The van der Waals surface area contributed by atoms with Crippen LogP contribution < -0.4 is 5.32 Å². The molecule has 0 atom stereocenters. The van der Waals surface area contributed by atoms with Crippen molar-refractivity contribution in [3.05, 3.63) is 63.9 Å². The number of benzene rings is 2. The van der Waals surface area contributed by atoms with Crippen LogP contribution in [0.5, 0.6) is 0 Å². The molecule has 0 radical (unpaired) electrons. The number of hydrogen-bond donors (Lipinski definition) is 2. The van der Waals surface area contributed by atoms with Gasteiger partial charge >= 0.3 is 12.1 Å². The van der Waals surface area contributed by atoms with Gasteiger partial charge in [-0.3, -0.25) is 4.79 Å². The molecule has 0 saturated carbocycles. The Morgan fingerprint density at radius 2 is 1.71 bits per heavy atom. The zero-order valence-corrected chi connectivity index (χ0v) is 12.4. The predicted molar refractivity (Wildman–Crippen MR) is 77.8 cm³/mol. The molecule has 2 aromatic rings. The number of nitrogens with one attached hydrogen (secondary N) is 1. The number of carboxylic acid groups (broad SMARTS) is 1. The minimum absolute atomic E-state index is 0.239. The quantitative estimate of drug-likeness (QED) is 0.794. The van der Waals surface area contributed by atoms with E-state index in [4.69, 9.17) is 16.7 Å². The van der Waals surface area contributed by atoms with E-state index in [1.807, 2.05) is 0 Å². The van der Waals surface area contributed by atoms with Crippen LogP contribution in [-0.2, 0) is 6.18 Å². The summed E-state index contributed by atoms with van der Waals surface area (Å²) < 4.78 is 51.5. The Bertz CT molecular complexity index is 821. The second-order valence-corrected chi connectivity index (χ2v) is 5.05. The summed E-state index contributed by atoms with van der Waals surface area (Å²) in [7, 11) is 0. The lowest BCUT2D eigenvalue weighted by molar-refractivity contribution is -0.137. The molecule has 126 valence electrons. The van der Waals surface area contributed by atoms with Crippen LogP contribution in [0.1, 0.15) is 26.3 Å². The third-order valence-corrected chi connectivity index (χ3v) is 3.32. The van der Waals surface area contributed by atoms with Crippen molar-refractivity contribution in [3.63, 3.8) is 0 Å². The van der Waals surface area contributed by atoms with E-state index in [1.165, 1.54) is 0 Å². The van der Waals surface area contributed by atoms with E-state index in [1.54, 1.807) is 0 Å². The van der Waals surface area contributed by atoms with Gasteiger partial charge in [0.25, 0.3) is 5.91 Å². The van der Waals surface area contributed by atoms with Gasteiger partial charge in [0.2, 0.25) is 0 Å². The monoisotopic (exact) mass is 361 g/mol. The van der Waals surface area contributed by atoms with Crippen molar-refractivity contribution in [3.8, 4) is 0 Å². The molecule has 4 nitrogen and oxygen atoms in total. The van der Waals surface area contributed by atoms with Gasteiger partial charge in [0, 0.05) is 5.69 Å². The number of alkyl halides is 3. The Kier molecular flexibility index (Phi) is 4.79. The van der Waals surface area contributed by atoms with Crippen molar-refractivity contribution in [2.75, 3.05) is 5.32 Å². The van der Waals surface area contributed by atoms with Crippen LogP contribution in [0.3, 0.4) is 0 Å². The smallest absolute Gasteiger partial charge is 0.417 e. The van der Waals surface area contributed by atoms with Crippen molar-refractivity contribution in [2.45, 2.75) is 6.18 Å². The summed E-state index contributed by atoms with van der Waals surface area (Å²) in [5, 5.41) is 10.6. The van der Waals surface area contributed by atoms with E-state index in [-0.39, 0.29) is 5.69 Å². The second-order valence-electron chi connectivity index (χ2n) is 4.64. The molecular weight excluding hydrogens is 354 g/mol. The molecule has 1 amide bonds. The summed E-state index contributed by atoms with van der Waals surface area (Å²) in [5.74, 6) is -3.41. The molecule has 0 heterocycles. The summed E-state index contributed by atoms with van der Waals surface area (Å²) in [6.07, 6.45) is -4.72. The molecule has 0 fully saturated rings. The highest BCUT2D eigenvalue weighted by atomic mass is 35.5. The fourth-order valence-electron chi connectivity index (χ4n) is 1.91. The van der Waals surface area contributed by atoms with Crippen molar-refractivity contribution in [1.82, 2.24) is 0 Å². The Morgan fingerprint density at radius 1 is 1.04 bits per heavy atom. The third-order valence-electron chi connectivity index (χ3n) is 2.99. The Labute approximate surface area is 137 Å². The molecule has 0 unspecified atom stereocenters. The molecule has 0 aromatic heterocycles. The molecule has 9 heteroatoms. The van der Waals surface area contributed by atoms with Crippen LogP contribution in [0.2, 0.25) is 5.02 Å². The van der Waals surface area contributed by atoms with Gasteiger partial charge < -0.3 is 10.4 Å². The van der Waals surface area contributed by atoms with Gasteiger partial charge in [0.1, 0.15) is 5.82 Å². The molecule has 0 aliphatic rings. The van der Waals surface area contributed by atoms with E-state index in [9.17, 15) is 27.2 Å². The van der Waals surface area contributed by atoms with Crippen LogP contribution in [0.25, 0.3) is 0 Å². The first-order valence-electron chi connectivity index (χ1n) is 6.30. The van der Waals surface area contributed by atoms with Crippen LogP contribution in [0.4, 0.5) is 23.2 Å². The number of carboxylic acids is 1. The molecule has 24 heavy (non-hydrogen) atoms. The fraction of sp³-hybridized carbons (Fsp3) is 0.0667. The van der Waals surface area contributed by atoms with E-state index < -0.39 is 45.6 Å². The van der Waals surface area contributed by atoms with E-state index >= 15 is 0 Å². The molecule has 0 aliphatic carbocycles. The minimum Gasteiger partial charge on any atom is -0.478 e. The Hall–Kier alpha value is -2.61. The first kappa shape index (κ1) is 17.7. The maximum Gasteiger partial charge on any atom is 0.417 e. The molecule has 0 saturated heterocycles. The standard InChI is InChI=1S/C15H8ClF4NO3/c16-12-4-2-8(6-11(12)15(18,19)20)21-13(22)9-3-1-7(17)5-10(9)14(23)24/h1-6H,(H,21,22)(H,23,24). The van der Waals surface area contributed by atoms with E-state index in [0.717, 1.165) is 24.3 Å². The zero-order chi connectivity index (χ0) is 18.1. The molecule has 2 N–H and O–H groups in total. The number of carbonyl (C=O) groups excluding carboxylic acids is 1. The summed E-state index contributed by atoms with van der Waals surface area (Å²) in [6.45, 7) is 0. The first-order chi connectivity index (χ1) is 11.1. The summed E-state index contributed by atoms with van der Waals surface area (Å²) in [5.41, 5.74) is -2.40. The summed E-state index contributed by atoms with van der Waals surface area (Å²) >= 11 is 5.47. The van der Waals surface area contributed by atoms with Crippen molar-refractivity contribution >= 4 is 29.2 Å². The van der Waals surface area contributed by atoms with Gasteiger partial charge in [-0.05, 0) is 36.4 Å². The lowest BCUT2D eigenvalue weighted by Crippen LogP contribution is -2.17. The highest BCUT2D eigenvalue weighted by molar-refractivity contribution is 6.31. The number of carbonyl (C=O) groups is 2. The number of rotatable bonds is 3. The highest BCUT2D eigenvalue weighted by Gasteiger charge is 2.33. The normalized spacial score (nSPS) is 11.2. The summed E-state index contributed by atoms with van der Waals surface area (Å²) in [4.78, 5) is 23.1. The van der Waals surface area contributed by atoms with Gasteiger partial charge in [0.15, 0.2) is 0 Å². The van der Waals surface area contributed by atoms with E-state index in [0.29, 0.717) is 12.1 Å². The first-order valence-corrected chi connectivity index (χ1v) is 6.68. The van der Waals surface area contributed by atoms with Crippen molar-refractivity contribution < 1.29 is 32.3 Å². The van der Waals surface area contributed by atoms with E-state index in [2.05, 4.69) is 5.32 Å². The number of aromatic carboxylic acids is 1. The molecule has 0 aliphatic heterocycles. The minimum atomic E-state index is -4.72. The fourth-order valence-corrected chi connectivity index (χ4v) is 2.13. The lowest BCUT2D eigenvalue weighted by atomic mass is 10.1. The highest BCUT2D eigenvalue weighted by Crippen LogP contribution is 2.36. The molecular formula is C15H8ClF4NO3. The Balaban J connectivity index is 2.36. The molecule has 0 bridgehead atoms. The maximum absolute atomic E-state index is 13.1. The van der Waals surface area contributed by atoms with Crippen molar-refractivity contribution in [1.29, 1.82) is 0 Å². The van der Waals surface area contributed by atoms with Crippen LogP contribution >= 0.6 is 11.6 Å². The third kappa shape index (κ3) is 3.83. The average molecular weight is 362 g/mol. The lowest BCUT2D eigenvalue weighted by Gasteiger charge is -2.12. The number of anilines is 1. The van der Waals surface area contributed by atoms with Gasteiger partial charge in [-0.25, -0.2) is 9.18 Å². The largest absolute Gasteiger partial charge is 0.478 e. The maximum atomic E-state index is 13.1. The molecule has 2 rings (SSSR count). The number of hydrogen-bond acceptors (Lipinski definition) is 2. The number of halogens is 5. The van der Waals surface area contributed by atoms with Crippen molar-refractivity contribution in [2.24, 2.45) is 0 Å². The average Bonchev–Trinajstić information content (AvgIpc) is 2.47. The van der Waals surface area contributed by atoms with Crippen LogP contribution in [0, 0.1) is 5.82 Å². The zero-order valence-electron chi connectivity index (χ0n) is 11.6. The van der Waals surface area contributed by atoms with Gasteiger partial charge in [0.05, 0.1) is 21.7 Å². The Morgan fingerprint density at radius 3 is 2.29 bits per heavy atom. The molecule has 2 aromatic carbocycles. The van der Waals surface area contributed by atoms with Gasteiger partial charge in [-0.15, -0.1) is 0 Å². The van der Waals surface area contributed by atoms with Crippen LogP contribution in [-0.4, -0.2) is 17.0 Å².